The summed E-state index contributed by atoms with van der Waals surface area (Å²) in [5, 5.41) is 0. The van der Waals surface area contributed by atoms with E-state index in [2.05, 4.69) is 9.55 Å². The highest BCUT2D eigenvalue weighted by Gasteiger charge is 2.32. The van der Waals surface area contributed by atoms with Crippen LogP contribution in [0.25, 0.3) is 11.0 Å². The molecule has 176 valence electrons. The Balaban J connectivity index is 1.72. The predicted molar refractivity (Wildman–Crippen MR) is 118 cm³/mol. The van der Waals surface area contributed by atoms with Crippen LogP contribution in [0, 0.1) is 11.7 Å². The van der Waals surface area contributed by atoms with E-state index in [9.17, 15) is 22.4 Å². The molecule has 4 rings (SSSR count). The zero-order valence-electron chi connectivity index (χ0n) is 18.7. The Morgan fingerprint density at radius 1 is 1.15 bits per heavy atom. The van der Waals surface area contributed by atoms with Gasteiger partial charge in [0.1, 0.15) is 11.6 Å². The molecule has 1 aliphatic rings. The van der Waals surface area contributed by atoms with Crippen LogP contribution < -0.4 is 0 Å². The number of hydrogen-bond donors (Lipinski definition) is 0. The first-order valence-electron chi connectivity index (χ1n) is 11.3. The average Bonchev–Trinajstić information content (AvgIpc) is 3.39. The molecule has 3 aromatic rings. The van der Waals surface area contributed by atoms with Gasteiger partial charge < -0.3 is 9.47 Å². The van der Waals surface area contributed by atoms with Gasteiger partial charge in [0.2, 0.25) is 0 Å². The highest BCUT2D eigenvalue weighted by atomic mass is 19.4. The number of rotatable bonds is 6. The third-order valence-electron chi connectivity index (χ3n) is 6.06. The lowest BCUT2D eigenvalue weighted by molar-refractivity contribution is -0.137. The molecule has 1 fully saturated rings. The maximum absolute atomic E-state index is 13.9. The standard InChI is InChI=1S/C25H27F4N3O/c1-16(2)14-31(24(33)17-6-5-7-18(12-17)25(27,28)29)15-23-30-21-13-19(26)10-11-22(21)32(23)20-8-3-4-9-20/h5-7,10-13,16,20H,3-4,8-9,14-15H2,1-2H3. The van der Waals surface area contributed by atoms with Crippen LogP contribution in [0.2, 0.25) is 0 Å². The monoisotopic (exact) mass is 461 g/mol. The Morgan fingerprint density at radius 3 is 2.55 bits per heavy atom. The molecule has 2 aromatic carbocycles. The van der Waals surface area contributed by atoms with Gasteiger partial charge in [0.25, 0.3) is 5.91 Å². The lowest BCUT2D eigenvalue weighted by Gasteiger charge is -2.26. The molecule has 1 aromatic heterocycles. The normalized spacial score (nSPS) is 15.0. The van der Waals surface area contributed by atoms with Gasteiger partial charge in [0.15, 0.2) is 0 Å². The third-order valence-corrected chi connectivity index (χ3v) is 6.06. The maximum atomic E-state index is 13.9. The topological polar surface area (TPSA) is 38.1 Å². The molecule has 0 saturated heterocycles. The molecular weight excluding hydrogens is 434 g/mol. The molecule has 0 bridgehead atoms. The Hall–Kier alpha value is -2.90. The van der Waals surface area contributed by atoms with Gasteiger partial charge in [-0.05, 0) is 49.1 Å². The van der Waals surface area contributed by atoms with E-state index >= 15 is 0 Å². The van der Waals surface area contributed by atoms with E-state index in [-0.39, 0.29) is 29.9 Å². The van der Waals surface area contributed by atoms with Crippen molar-refractivity contribution in [3.8, 4) is 0 Å². The third kappa shape index (κ3) is 5.04. The second-order valence-corrected chi connectivity index (χ2v) is 9.13. The highest BCUT2D eigenvalue weighted by Crippen LogP contribution is 2.35. The molecule has 33 heavy (non-hydrogen) atoms. The number of halogens is 4. The van der Waals surface area contributed by atoms with Crippen molar-refractivity contribution < 1.29 is 22.4 Å². The SMILES string of the molecule is CC(C)CN(Cc1nc2cc(F)ccc2n1C1CCCC1)C(=O)c1cccc(C(F)(F)F)c1. The number of nitrogens with zero attached hydrogens (tertiary/aromatic N) is 3. The van der Waals surface area contributed by atoms with Crippen molar-refractivity contribution in [3.05, 3.63) is 65.2 Å². The van der Waals surface area contributed by atoms with Crippen LogP contribution in [-0.2, 0) is 12.7 Å². The fourth-order valence-electron chi connectivity index (χ4n) is 4.65. The Morgan fingerprint density at radius 2 is 1.88 bits per heavy atom. The zero-order chi connectivity index (χ0) is 23.8. The zero-order valence-corrected chi connectivity index (χ0v) is 18.7. The maximum Gasteiger partial charge on any atom is 0.416 e. The molecule has 1 aliphatic carbocycles. The lowest BCUT2D eigenvalue weighted by Crippen LogP contribution is -2.35. The summed E-state index contributed by atoms with van der Waals surface area (Å²) >= 11 is 0. The second-order valence-electron chi connectivity index (χ2n) is 9.13. The van der Waals surface area contributed by atoms with E-state index in [1.54, 1.807) is 11.0 Å². The van der Waals surface area contributed by atoms with Crippen LogP contribution in [0.4, 0.5) is 17.6 Å². The van der Waals surface area contributed by atoms with E-state index in [0.29, 0.717) is 17.9 Å². The van der Waals surface area contributed by atoms with Crippen molar-refractivity contribution in [1.29, 1.82) is 0 Å². The summed E-state index contributed by atoms with van der Waals surface area (Å²) < 4.78 is 55.5. The van der Waals surface area contributed by atoms with Crippen LogP contribution >= 0.6 is 0 Å². The summed E-state index contributed by atoms with van der Waals surface area (Å²) in [6.45, 7) is 4.39. The fraction of sp³-hybridized carbons (Fsp3) is 0.440. The highest BCUT2D eigenvalue weighted by molar-refractivity contribution is 5.94. The second kappa shape index (κ2) is 9.15. The molecular formula is C25H27F4N3O. The minimum atomic E-state index is -4.53. The van der Waals surface area contributed by atoms with Gasteiger partial charge in [-0.1, -0.05) is 32.8 Å². The molecule has 1 saturated carbocycles. The van der Waals surface area contributed by atoms with Crippen molar-refractivity contribution in [1.82, 2.24) is 14.5 Å². The van der Waals surface area contributed by atoms with Gasteiger partial charge in [-0.25, -0.2) is 9.37 Å². The predicted octanol–water partition coefficient (Wildman–Crippen LogP) is 6.61. The van der Waals surface area contributed by atoms with Crippen molar-refractivity contribution >= 4 is 16.9 Å². The fourth-order valence-corrected chi connectivity index (χ4v) is 4.65. The van der Waals surface area contributed by atoms with Crippen molar-refractivity contribution in [2.24, 2.45) is 5.92 Å². The molecule has 0 N–H and O–H groups in total. The van der Waals surface area contributed by atoms with Crippen LogP contribution in [0.3, 0.4) is 0 Å². The molecule has 1 heterocycles. The molecule has 0 radical (unpaired) electrons. The first-order chi connectivity index (χ1) is 15.6. The van der Waals surface area contributed by atoms with Crippen LogP contribution in [0.5, 0.6) is 0 Å². The number of benzene rings is 2. The number of alkyl halides is 3. The van der Waals surface area contributed by atoms with Gasteiger partial charge in [0, 0.05) is 24.2 Å². The van der Waals surface area contributed by atoms with Crippen molar-refractivity contribution in [2.75, 3.05) is 6.54 Å². The lowest BCUT2D eigenvalue weighted by atomic mass is 10.1. The number of carbonyl (C=O) groups is 1. The van der Waals surface area contributed by atoms with Gasteiger partial charge in [0.05, 0.1) is 23.1 Å². The molecule has 0 spiro atoms. The van der Waals surface area contributed by atoms with Crippen molar-refractivity contribution in [3.63, 3.8) is 0 Å². The number of imidazole rings is 1. The molecule has 1 amide bonds. The number of carbonyl (C=O) groups excluding carboxylic acids is 1. The molecule has 8 heteroatoms. The number of aromatic nitrogens is 2. The van der Waals surface area contributed by atoms with E-state index in [1.165, 1.54) is 24.3 Å². The minimum Gasteiger partial charge on any atom is -0.331 e. The van der Waals surface area contributed by atoms with Crippen LogP contribution in [-0.4, -0.2) is 26.9 Å². The molecule has 0 atom stereocenters. The first kappa shape index (κ1) is 23.3. The smallest absolute Gasteiger partial charge is 0.331 e. The molecule has 0 unspecified atom stereocenters. The summed E-state index contributed by atoms with van der Waals surface area (Å²) in [6.07, 6.45) is -0.406. The largest absolute Gasteiger partial charge is 0.416 e. The van der Waals surface area contributed by atoms with Gasteiger partial charge >= 0.3 is 6.18 Å². The summed E-state index contributed by atoms with van der Waals surface area (Å²) in [6, 6.07) is 9.20. The average molecular weight is 462 g/mol. The Kier molecular flexibility index (Phi) is 6.45. The summed E-state index contributed by atoms with van der Waals surface area (Å²) in [4.78, 5) is 19.5. The summed E-state index contributed by atoms with van der Waals surface area (Å²) in [5.41, 5.74) is 0.466. The van der Waals surface area contributed by atoms with Gasteiger partial charge in [-0.2, -0.15) is 13.2 Å². The Labute approximate surface area is 190 Å². The summed E-state index contributed by atoms with van der Waals surface area (Å²) in [7, 11) is 0. The first-order valence-corrected chi connectivity index (χ1v) is 11.3. The van der Waals surface area contributed by atoms with Crippen LogP contribution in [0.1, 0.15) is 67.3 Å². The Bertz CT molecular complexity index is 1150. The van der Waals surface area contributed by atoms with Crippen LogP contribution in [0.15, 0.2) is 42.5 Å². The van der Waals surface area contributed by atoms with E-state index in [0.717, 1.165) is 43.3 Å². The number of amides is 1. The van der Waals surface area contributed by atoms with Gasteiger partial charge in [-0.3, -0.25) is 4.79 Å². The van der Waals surface area contributed by atoms with E-state index < -0.39 is 17.6 Å². The quantitative estimate of drug-likeness (QED) is 0.388. The number of fused-ring (bicyclic) bond motifs is 1. The van der Waals surface area contributed by atoms with Gasteiger partial charge in [-0.15, -0.1) is 0 Å². The minimum absolute atomic E-state index is 0.0138. The molecule has 0 aliphatic heterocycles. The van der Waals surface area contributed by atoms with E-state index in [4.69, 9.17) is 0 Å². The summed E-state index contributed by atoms with van der Waals surface area (Å²) in [5.74, 6) is -0.139. The number of hydrogen-bond acceptors (Lipinski definition) is 2. The molecule has 4 nitrogen and oxygen atoms in total. The van der Waals surface area contributed by atoms with Crippen molar-refractivity contribution in [2.45, 2.75) is 58.3 Å². The van der Waals surface area contributed by atoms with E-state index in [1.807, 2.05) is 13.8 Å².